The highest BCUT2D eigenvalue weighted by Gasteiger charge is 2.09. The predicted molar refractivity (Wildman–Crippen MR) is 70.6 cm³/mol. The molecule has 1 aromatic carbocycles. The lowest BCUT2D eigenvalue weighted by Gasteiger charge is -2.07. The van der Waals surface area contributed by atoms with Crippen molar-refractivity contribution in [2.75, 3.05) is 12.0 Å². The van der Waals surface area contributed by atoms with Crippen LogP contribution < -0.4 is 5.73 Å². The first kappa shape index (κ1) is 10.3. The van der Waals surface area contributed by atoms with Gasteiger partial charge in [0.2, 0.25) is 0 Å². The topological polar surface area (TPSA) is 26.0 Å². The van der Waals surface area contributed by atoms with Gasteiger partial charge in [0.1, 0.15) is 0 Å². The first-order valence-corrected chi connectivity index (χ1v) is 7.39. The molecule has 0 radical (unpaired) electrons. The van der Waals surface area contributed by atoms with Crippen molar-refractivity contribution in [3.63, 3.8) is 0 Å². The average Bonchev–Trinajstić information content (AvgIpc) is 2.66. The number of rotatable bonds is 2. The molecule has 0 aliphatic rings. The number of fused-ring (bicyclic) bond motifs is 1. The first-order chi connectivity index (χ1) is 6.77. The van der Waals surface area contributed by atoms with Crippen LogP contribution in [-0.2, 0) is 5.33 Å². The van der Waals surface area contributed by atoms with Crippen LogP contribution in [0.5, 0.6) is 0 Å². The molecule has 1 nitrogen and oxygen atoms in total. The fraction of sp³-hybridized carbons (Fsp3) is 0.200. The van der Waals surface area contributed by atoms with Gasteiger partial charge in [0.15, 0.2) is 0 Å². The lowest BCUT2D eigenvalue weighted by Crippen LogP contribution is -1.90. The summed E-state index contributed by atoms with van der Waals surface area (Å²) in [5.41, 5.74) is 8.14. The fourth-order valence-electron chi connectivity index (χ4n) is 1.51. The zero-order chi connectivity index (χ0) is 10.1. The minimum absolute atomic E-state index is 0.862. The van der Waals surface area contributed by atoms with Crippen LogP contribution in [0.1, 0.15) is 5.56 Å². The normalized spacial score (nSPS) is 11.0. The van der Waals surface area contributed by atoms with Gasteiger partial charge in [0, 0.05) is 21.3 Å². The summed E-state index contributed by atoms with van der Waals surface area (Å²) in [6.07, 6.45) is 2.11. The van der Waals surface area contributed by atoms with E-state index >= 15 is 0 Å². The quantitative estimate of drug-likeness (QED) is 0.511. The Kier molecular flexibility index (Phi) is 3.04. The van der Waals surface area contributed by atoms with Crippen molar-refractivity contribution < 1.29 is 0 Å². The van der Waals surface area contributed by atoms with Crippen LogP contribution in [0.3, 0.4) is 0 Å². The van der Waals surface area contributed by atoms with E-state index in [1.165, 1.54) is 20.5 Å². The van der Waals surface area contributed by atoms with E-state index in [9.17, 15) is 0 Å². The van der Waals surface area contributed by atoms with Crippen molar-refractivity contribution >= 4 is 54.8 Å². The van der Waals surface area contributed by atoms with E-state index in [1.54, 1.807) is 23.1 Å². The van der Waals surface area contributed by atoms with Crippen molar-refractivity contribution in [3.8, 4) is 0 Å². The molecule has 0 bridgehead atoms. The molecule has 74 valence electrons. The number of nitrogens with two attached hydrogens (primary N) is 1. The summed E-state index contributed by atoms with van der Waals surface area (Å²) < 4.78 is 1.31. The number of hydrogen-bond acceptors (Lipinski definition) is 3. The van der Waals surface area contributed by atoms with Gasteiger partial charge in [-0.05, 0) is 29.3 Å². The molecule has 0 atom stereocenters. The number of hydrogen-bond donors (Lipinski definition) is 1. The Bertz CT molecular complexity index is 464. The lowest BCUT2D eigenvalue weighted by atomic mass is 10.1. The van der Waals surface area contributed by atoms with Gasteiger partial charge in [-0.2, -0.15) is 0 Å². The van der Waals surface area contributed by atoms with E-state index in [4.69, 9.17) is 5.73 Å². The maximum Gasteiger partial charge on any atom is 0.0502 e. The highest BCUT2D eigenvalue weighted by atomic mass is 79.9. The molecule has 1 heterocycles. The van der Waals surface area contributed by atoms with Crippen LogP contribution in [0.2, 0.25) is 0 Å². The summed E-state index contributed by atoms with van der Waals surface area (Å²) in [6, 6.07) is 4.16. The van der Waals surface area contributed by atoms with Crippen LogP contribution in [0.15, 0.2) is 22.4 Å². The van der Waals surface area contributed by atoms with Gasteiger partial charge in [-0.3, -0.25) is 0 Å². The SMILES string of the molecule is CSc1c(CBr)cc(N)c2ccsc12. The van der Waals surface area contributed by atoms with Gasteiger partial charge in [-0.1, -0.05) is 15.9 Å². The first-order valence-electron chi connectivity index (χ1n) is 4.16. The zero-order valence-corrected chi connectivity index (χ0v) is 10.9. The molecule has 0 aliphatic heterocycles. The van der Waals surface area contributed by atoms with E-state index in [-0.39, 0.29) is 0 Å². The molecule has 0 amide bonds. The van der Waals surface area contributed by atoms with Gasteiger partial charge in [0.05, 0.1) is 4.70 Å². The third-order valence-electron chi connectivity index (χ3n) is 2.15. The third kappa shape index (κ3) is 1.55. The van der Waals surface area contributed by atoms with E-state index < -0.39 is 0 Å². The van der Waals surface area contributed by atoms with Crippen molar-refractivity contribution in [3.05, 3.63) is 23.1 Å². The van der Waals surface area contributed by atoms with Gasteiger partial charge < -0.3 is 5.73 Å². The summed E-state index contributed by atoms with van der Waals surface area (Å²) in [4.78, 5) is 1.35. The van der Waals surface area contributed by atoms with Crippen LogP contribution in [0.4, 0.5) is 5.69 Å². The minimum atomic E-state index is 0.862. The molecule has 1 aromatic heterocycles. The molecular formula is C10H10BrNS2. The average molecular weight is 288 g/mol. The highest BCUT2D eigenvalue weighted by molar-refractivity contribution is 9.08. The number of thioether (sulfide) groups is 1. The Balaban J connectivity index is 2.82. The molecule has 4 heteroatoms. The number of halogens is 1. The molecule has 0 unspecified atom stereocenters. The Morgan fingerprint density at radius 1 is 1.57 bits per heavy atom. The summed E-state index contributed by atoms with van der Waals surface area (Å²) in [7, 11) is 0. The molecule has 0 fully saturated rings. The second-order valence-corrected chi connectivity index (χ2v) is 5.25. The fourth-order valence-corrected chi connectivity index (χ4v) is 4.11. The van der Waals surface area contributed by atoms with Crippen LogP contribution in [-0.4, -0.2) is 6.26 Å². The van der Waals surface area contributed by atoms with Gasteiger partial charge >= 0.3 is 0 Å². The standard InChI is InChI=1S/C10H10BrNS2/c1-13-9-6(5-11)4-8(12)7-2-3-14-10(7)9/h2-4H,5,12H2,1H3. The maximum atomic E-state index is 5.98. The number of anilines is 1. The lowest BCUT2D eigenvalue weighted by molar-refractivity contribution is 1.34. The van der Waals surface area contributed by atoms with Crippen molar-refractivity contribution in [2.45, 2.75) is 10.2 Å². The van der Waals surface area contributed by atoms with Crippen molar-refractivity contribution in [2.24, 2.45) is 0 Å². The molecule has 2 N–H and O–H groups in total. The van der Waals surface area contributed by atoms with Crippen LogP contribution in [0.25, 0.3) is 10.1 Å². The highest BCUT2D eigenvalue weighted by Crippen LogP contribution is 2.38. The molecule has 0 saturated heterocycles. The molecule has 0 saturated carbocycles. The Morgan fingerprint density at radius 2 is 2.36 bits per heavy atom. The number of nitrogen functional groups attached to an aromatic ring is 1. The van der Waals surface area contributed by atoms with Crippen molar-refractivity contribution in [1.82, 2.24) is 0 Å². The monoisotopic (exact) mass is 287 g/mol. The summed E-state index contributed by atoms with van der Waals surface area (Å²) >= 11 is 7.04. The molecule has 0 spiro atoms. The van der Waals surface area contributed by atoms with Crippen LogP contribution in [0, 0.1) is 0 Å². The Hall–Kier alpha value is -0.190. The van der Waals surface area contributed by atoms with Gasteiger partial charge in [-0.15, -0.1) is 23.1 Å². The largest absolute Gasteiger partial charge is 0.398 e. The second kappa shape index (κ2) is 4.13. The minimum Gasteiger partial charge on any atom is -0.398 e. The van der Waals surface area contributed by atoms with Crippen molar-refractivity contribution in [1.29, 1.82) is 0 Å². The number of benzene rings is 1. The second-order valence-electron chi connectivity index (χ2n) is 2.96. The molecule has 0 aliphatic carbocycles. The molecule has 14 heavy (non-hydrogen) atoms. The molecule has 2 aromatic rings. The summed E-state index contributed by atoms with van der Waals surface area (Å²) in [6.45, 7) is 0. The molecular weight excluding hydrogens is 278 g/mol. The Labute approximate surface area is 99.8 Å². The Morgan fingerprint density at radius 3 is 3.00 bits per heavy atom. The maximum absolute atomic E-state index is 5.98. The van der Waals surface area contributed by atoms with E-state index in [0.29, 0.717) is 0 Å². The molecule has 2 rings (SSSR count). The van der Waals surface area contributed by atoms with Gasteiger partial charge in [-0.25, -0.2) is 0 Å². The smallest absolute Gasteiger partial charge is 0.0502 e. The zero-order valence-electron chi connectivity index (χ0n) is 7.71. The predicted octanol–water partition coefficient (Wildman–Crippen LogP) is 4.10. The van der Waals surface area contributed by atoms with E-state index in [1.807, 2.05) is 0 Å². The number of thiophene rings is 1. The van der Waals surface area contributed by atoms with E-state index in [2.05, 4.69) is 39.7 Å². The number of alkyl halides is 1. The van der Waals surface area contributed by atoms with Gasteiger partial charge in [0.25, 0.3) is 0 Å². The summed E-state index contributed by atoms with van der Waals surface area (Å²) in [5, 5.41) is 4.14. The summed E-state index contributed by atoms with van der Waals surface area (Å²) in [5.74, 6) is 0. The van der Waals surface area contributed by atoms with E-state index in [0.717, 1.165) is 11.0 Å². The van der Waals surface area contributed by atoms with Crippen LogP contribution >= 0.6 is 39.0 Å². The third-order valence-corrected chi connectivity index (χ3v) is 4.69.